The van der Waals surface area contributed by atoms with Gasteiger partial charge >= 0.3 is 0 Å². The molecule has 114 valence electrons. The quantitative estimate of drug-likeness (QED) is 0.669. The molecule has 1 rings (SSSR count). The molecule has 0 aliphatic rings. The van der Waals surface area contributed by atoms with Crippen LogP contribution in [0.25, 0.3) is 0 Å². The Morgan fingerprint density at radius 1 is 0.714 bits per heavy atom. The summed E-state index contributed by atoms with van der Waals surface area (Å²) in [6, 6.07) is 2.21. The van der Waals surface area contributed by atoms with E-state index in [4.69, 9.17) is 5.73 Å². The van der Waals surface area contributed by atoms with Gasteiger partial charge in [0.2, 0.25) is 0 Å². The van der Waals surface area contributed by atoms with Gasteiger partial charge in [-0.2, -0.15) is 0 Å². The zero-order valence-electron chi connectivity index (χ0n) is 12.7. The van der Waals surface area contributed by atoms with Gasteiger partial charge in [0.15, 0.2) is 0 Å². The lowest BCUT2D eigenvalue weighted by atomic mass is 9.85. The molecule has 2 N–H and O–H groups in total. The number of hydrogen-bond acceptors (Lipinski definition) is 1. The van der Waals surface area contributed by atoms with Crippen molar-refractivity contribution >= 4 is 12.4 Å². The minimum Gasteiger partial charge on any atom is -0.326 e. The number of halogens is 1. The van der Waals surface area contributed by atoms with Crippen LogP contribution in [0.2, 0.25) is 0 Å². The van der Waals surface area contributed by atoms with Gasteiger partial charge in [0.1, 0.15) is 0 Å². The molecule has 21 heavy (non-hydrogen) atoms. The van der Waals surface area contributed by atoms with Gasteiger partial charge in [-0.3, -0.25) is 0 Å². The van der Waals surface area contributed by atoms with Gasteiger partial charge in [0, 0.05) is 6.54 Å². The van der Waals surface area contributed by atoms with E-state index in [2.05, 4.69) is 32.4 Å². The SMILES string of the molecule is C=CCc1cc(CN)c(CC=C)c(CC=C)c1CC=C.Cl. The van der Waals surface area contributed by atoms with E-state index < -0.39 is 0 Å². The van der Waals surface area contributed by atoms with E-state index in [-0.39, 0.29) is 12.4 Å². The standard InChI is InChI=1S/C19H25N.ClH/c1-5-9-15-13-16(14-20)18(11-7-3)19(12-8-4)17(15)10-6-2;/h5-8,13H,1-4,9-12,14,20H2;1H. The number of hydrogen-bond donors (Lipinski definition) is 1. The maximum Gasteiger partial charge on any atom is 0.0181 e. The Morgan fingerprint density at radius 2 is 1.14 bits per heavy atom. The minimum absolute atomic E-state index is 0. The van der Waals surface area contributed by atoms with E-state index in [1.165, 1.54) is 27.8 Å². The predicted molar refractivity (Wildman–Crippen MR) is 97.2 cm³/mol. The van der Waals surface area contributed by atoms with Crippen molar-refractivity contribution < 1.29 is 0 Å². The minimum atomic E-state index is 0. The second-order valence-electron chi connectivity index (χ2n) is 4.81. The fourth-order valence-corrected chi connectivity index (χ4v) is 2.66. The van der Waals surface area contributed by atoms with Crippen LogP contribution in [0.15, 0.2) is 56.7 Å². The van der Waals surface area contributed by atoms with Gasteiger partial charge < -0.3 is 5.73 Å². The van der Waals surface area contributed by atoms with Crippen molar-refractivity contribution in [3.8, 4) is 0 Å². The molecule has 0 heterocycles. The Morgan fingerprint density at radius 3 is 1.57 bits per heavy atom. The number of benzene rings is 1. The molecule has 2 heteroatoms. The lowest BCUT2D eigenvalue weighted by Crippen LogP contribution is -2.10. The molecule has 0 bridgehead atoms. The normalized spacial score (nSPS) is 9.57. The van der Waals surface area contributed by atoms with E-state index in [1.807, 2.05) is 24.3 Å². The lowest BCUT2D eigenvalue weighted by Gasteiger charge is -2.20. The van der Waals surface area contributed by atoms with Crippen LogP contribution in [-0.4, -0.2) is 0 Å². The van der Waals surface area contributed by atoms with Crippen LogP contribution in [0.5, 0.6) is 0 Å². The summed E-state index contributed by atoms with van der Waals surface area (Å²) in [4.78, 5) is 0. The summed E-state index contributed by atoms with van der Waals surface area (Å²) in [7, 11) is 0. The molecule has 0 radical (unpaired) electrons. The summed E-state index contributed by atoms with van der Waals surface area (Å²) < 4.78 is 0. The summed E-state index contributed by atoms with van der Waals surface area (Å²) in [6.45, 7) is 16.0. The summed E-state index contributed by atoms with van der Waals surface area (Å²) in [5, 5.41) is 0. The monoisotopic (exact) mass is 303 g/mol. The molecule has 1 aromatic rings. The van der Waals surface area contributed by atoms with Crippen LogP contribution in [0.4, 0.5) is 0 Å². The van der Waals surface area contributed by atoms with Crippen molar-refractivity contribution in [2.75, 3.05) is 0 Å². The fraction of sp³-hybridized carbons (Fsp3) is 0.263. The van der Waals surface area contributed by atoms with E-state index in [9.17, 15) is 0 Å². The Hall–Kier alpha value is -1.57. The molecule has 1 aromatic carbocycles. The molecule has 0 aliphatic carbocycles. The molecule has 0 saturated heterocycles. The van der Waals surface area contributed by atoms with E-state index >= 15 is 0 Å². The maximum atomic E-state index is 5.93. The van der Waals surface area contributed by atoms with Crippen LogP contribution in [0.1, 0.15) is 27.8 Å². The van der Waals surface area contributed by atoms with Crippen molar-refractivity contribution in [2.24, 2.45) is 5.73 Å². The van der Waals surface area contributed by atoms with Crippen LogP contribution in [0.3, 0.4) is 0 Å². The number of nitrogens with two attached hydrogens (primary N) is 1. The van der Waals surface area contributed by atoms with Crippen molar-refractivity contribution in [2.45, 2.75) is 32.2 Å². The van der Waals surface area contributed by atoms with Crippen LogP contribution < -0.4 is 5.73 Å². The third kappa shape index (κ3) is 4.73. The highest BCUT2D eigenvalue weighted by Crippen LogP contribution is 2.27. The summed E-state index contributed by atoms with van der Waals surface area (Å²) >= 11 is 0. The number of rotatable bonds is 9. The Bertz CT molecular complexity index is 515. The van der Waals surface area contributed by atoms with Crippen LogP contribution >= 0.6 is 12.4 Å². The zero-order valence-corrected chi connectivity index (χ0v) is 13.6. The third-order valence-corrected chi connectivity index (χ3v) is 3.48. The highest BCUT2D eigenvalue weighted by molar-refractivity contribution is 5.85. The maximum absolute atomic E-state index is 5.93. The first-order valence-electron chi connectivity index (χ1n) is 7.02. The molecule has 0 amide bonds. The topological polar surface area (TPSA) is 26.0 Å². The second kappa shape index (κ2) is 10.2. The third-order valence-electron chi connectivity index (χ3n) is 3.48. The Balaban J connectivity index is 0.00000400. The van der Waals surface area contributed by atoms with Crippen molar-refractivity contribution in [3.63, 3.8) is 0 Å². The van der Waals surface area contributed by atoms with Crippen LogP contribution in [0, 0.1) is 0 Å². The van der Waals surface area contributed by atoms with Crippen LogP contribution in [-0.2, 0) is 32.2 Å². The predicted octanol–water partition coefficient (Wildman–Crippen LogP) is 4.48. The first-order chi connectivity index (χ1) is 9.73. The molecule has 1 nitrogen and oxygen atoms in total. The summed E-state index contributed by atoms with van der Waals surface area (Å²) in [5.74, 6) is 0. The smallest absolute Gasteiger partial charge is 0.0181 e. The number of allylic oxidation sites excluding steroid dienone is 4. The molecule has 0 saturated carbocycles. The largest absolute Gasteiger partial charge is 0.326 e. The van der Waals surface area contributed by atoms with Gasteiger partial charge in [-0.05, 0) is 53.5 Å². The zero-order chi connectivity index (χ0) is 15.0. The molecule has 0 atom stereocenters. The average molecular weight is 304 g/mol. The van der Waals surface area contributed by atoms with Crippen molar-refractivity contribution in [1.29, 1.82) is 0 Å². The first kappa shape index (κ1) is 19.4. The fourth-order valence-electron chi connectivity index (χ4n) is 2.66. The van der Waals surface area contributed by atoms with Gasteiger partial charge in [-0.25, -0.2) is 0 Å². The van der Waals surface area contributed by atoms with Crippen molar-refractivity contribution in [3.05, 3.63) is 84.5 Å². The molecular weight excluding hydrogens is 278 g/mol. The highest BCUT2D eigenvalue weighted by atomic mass is 35.5. The molecular formula is C19H26ClN. The van der Waals surface area contributed by atoms with Crippen molar-refractivity contribution in [1.82, 2.24) is 0 Å². The first-order valence-corrected chi connectivity index (χ1v) is 7.02. The van der Waals surface area contributed by atoms with Gasteiger partial charge in [-0.15, -0.1) is 38.7 Å². The molecule has 0 aromatic heterocycles. The van der Waals surface area contributed by atoms with E-state index in [0.29, 0.717) is 6.54 Å². The second-order valence-corrected chi connectivity index (χ2v) is 4.81. The van der Waals surface area contributed by atoms with Gasteiger partial charge in [0.25, 0.3) is 0 Å². The molecule has 0 aliphatic heterocycles. The Kier molecular flexibility index (Phi) is 9.44. The molecule has 0 unspecified atom stereocenters. The van der Waals surface area contributed by atoms with E-state index in [0.717, 1.165) is 25.7 Å². The molecule has 0 spiro atoms. The highest BCUT2D eigenvalue weighted by Gasteiger charge is 2.14. The van der Waals surface area contributed by atoms with E-state index in [1.54, 1.807) is 0 Å². The molecule has 0 fully saturated rings. The average Bonchev–Trinajstić information content (AvgIpc) is 2.45. The summed E-state index contributed by atoms with van der Waals surface area (Å²) in [6.07, 6.45) is 11.2. The van der Waals surface area contributed by atoms with Gasteiger partial charge in [0.05, 0.1) is 0 Å². The van der Waals surface area contributed by atoms with Gasteiger partial charge in [-0.1, -0.05) is 30.4 Å². The summed E-state index contributed by atoms with van der Waals surface area (Å²) in [5.41, 5.74) is 12.4. The Labute approximate surface area is 135 Å². The lowest BCUT2D eigenvalue weighted by molar-refractivity contribution is 0.967.